The average molecular weight is 253 g/mol. The number of aliphatic hydroxyl groups is 1. The van der Waals surface area contributed by atoms with Crippen LogP contribution in [0.1, 0.15) is 11.4 Å². The second kappa shape index (κ2) is 5.16. The maximum Gasteiger partial charge on any atom is 0.151 e. The van der Waals surface area contributed by atoms with Crippen LogP contribution in [0.5, 0.6) is 0 Å². The molecule has 6 heteroatoms. The number of halogens is 1. The van der Waals surface area contributed by atoms with Crippen LogP contribution in [0.3, 0.4) is 0 Å². The van der Waals surface area contributed by atoms with Crippen molar-refractivity contribution in [3.8, 4) is 0 Å². The van der Waals surface area contributed by atoms with Crippen molar-refractivity contribution < 1.29 is 5.11 Å². The highest BCUT2D eigenvalue weighted by molar-refractivity contribution is 6.33. The molecule has 0 aliphatic rings. The van der Waals surface area contributed by atoms with Crippen molar-refractivity contribution in [2.24, 2.45) is 7.05 Å². The molecule has 0 atom stereocenters. The molecule has 90 valence electrons. The molecule has 0 saturated heterocycles. The van der Waals surface area contributed by atoms with E-state index in [1.807, 2.05) is 17.7 Å². The van der Waals surface area contributed by atoms with E-state index in [1.54, 1.807) is 18.5 Å². The van der Waals surface area contributed by atoms with Crippen LogP contribution in [0.2, 0.25) is 5.02 Å². The summed E-state index contributed by atoms with van der Waals surface area (Å²) in [6.07, 6.45) is 1.64. The lowest BCUT2D eigenvalue weighted by atomic mass is 10.2. The Hall–Kier alpha value is -1.59. The normalized spacial score (nSPS) is 10.5. The molecule has 1 heterocycles. The van der Waals surface area contributed by atoms with Crippen molar-refractivity contribution in [3.05, 3.63) is 40.9 Å². The van der Waals surface area contributed by atoms with E-state index in [9.17, 15) is 0 Å². The SMILES string of the molecule is Cn1cnnc1CNc1cc(CO)ccc1Cl. The smallest absolute Gasteiger partial charge is 0.151 e. The Labute approximate surface area is 104 Å². The molecule has 2 N–H and O–H groups in total. The first-order valence-corrected chi connectivity index (χ1v) is 5.54. The number of anilines is 1. The second-order valence-corrected chi connectivity index (χ2v) is 4.09. The number of aliphatic hydroxyl groups excluding tert-OH is 1. The summed E-state index contributed by atoms with van der Waals surface area (Å²) < 4.78 is 1.83. The van der Waals surface area contributed by atoms with Crippen molar-refractivity contribution in [3.63, 3.8) is 0 Å². The third kappa shape index (κ3) is 2.75. The summed E-state index contributed by atoms with van der Waals surface area (Å²) in [4.78, 5) is 0. The van der Waals surface area contributed by atoms with Gasteiger partial charge in [0.1, 0.15) is 6.33 Å². The highest BCUT2D eigenvalue weighted by Crippen LogP contribution is 2.23. The summed E-state index contributed by atoms with van der Waals surface area (Å²) in [6.45, 7) is 0.529. The quantitative estimate of drug-likeness (QED) is 0.867. The molecule has 0 aliphatic carbocycles. The fourth-order valence-corrected chi connectivity index (χ4v) is 1.63. The molecule has 0 unspecified atom stereocenters. The molecule has 0 spiro atoms. The fraction of sp³-hybridized carbons (Fsp3) is 0.273. The van der Waals surface area contributed by atoms with Crippen LogP contribution in [-0.4, -0.2) is 19.9 Å². The molecule has 1 aromatic heterocycles. The van der Waals surface area contributed by atoms with Gasteiger partial charge in [-0.15, -0.1) is 10.2 Å². The van der Waals surface area contributed by atoms with E-state index < -0.39 is 0 Å². The number of aryl methyl sites for hydroxylation is 1. The van der Waals surface area contributed by atoms with Gasteiger partial charge in [0.05, 0.1) is 23.9 Å². The highest BCUT2D eigenvalue weighted by atomic mass is 35.5. The van der Waals surface area contributed by atoms with Gasteiger partial charge in [-0.3, -0.25) is 0 Å². The van der Waals surface area contributed by atoms with Crippen molar-refractivity contribution in [1.29, 1.82) is 0 Å². The van der Waals surface area contributed by atoms with E-state index in [2.05, 4.69) is 15.5 Å². The van der Waals surface area contributed by atoms with E-state index in [0.717, 1.165) is 17.1 Å². The molecule has 5 nitrogen and oxygen atoms in total. The Morgan fingerprint density at radius 2 is 2.29 bits per heavy atom. The zero-order valence-electron chi connectivity index (χ0n) is 9.39. The molecule has 0 radical (unpaired) electrons. The first kappa shape index (κ1) is 11.9. The lowest BCUT2D eigenvalue weighted by Crippen LogP contribution is -2.06. The Balaban J connectivity index is 2.11. The molecule has 17 heavy (non-hydrogen) atoms. The van der Waals surface area contributed by atoms with Crippen LogP contribution in [0.25, 0.3) is 0 Å². The largest absolute Gasteiger partial charge is 0.392 e. The van der Waals surface area contributed by atoms with Gasteiger partial charge in [0.25, 0.3) is 0 Å². The number of nitrogens with one attached hydrogen (secondary N) is 1. The van der Waals surface area contributed by atoms with Crippen LogP contribution < -0.4 is 5.32 Å². The summed E-state index contributed by atoms with van der Waals surface area (Å²) >= 11 is 6.05. The van der Waals surface area contributed by atoms with Crippen LogP contribution >= 0.6 is 11.6 Å². The minimum atomic E-state index is -0.00416. The lowest BCUT2D eigenvalue weighted by molar-refractivity contribution is 0.282. The van der Waals surface area contributed by atoms with Crippen LogP contribution in [0.15, 0.2) is 24.5 Å². The van der Waals surface area contributed by atoms with E-state index in [4.69, 9.17) is 16.7 Å². The molecule has 0 saturated carbocycles. The number of nitrogens with zero attached hydrogens (tertiary/aromatic N) is 3. The third-order valence-electron chi connectivity index (χ3n) is 2.46. The molecular weight excluding hydrogens is 240 g/mol. The van der Waals surface area contributed by atoms with Gasteiger partial charge in [-0.2, -0.15) is 0 Å². The molecular formula is C11H13ClN4O. The van der Waals surface area contributed by atoms with Gasteiger partial charge in [-0.1, -0.05) is 17.7 Å². The second-order valence-electron chi connectivity index (χ2n) is 3.68. The Morgan fingerprint density at radius 1 is 1.47 bits per heavy atom. The maximum atomic E-state index is 9.05. The summed E-state index contributed by atoms with van der Waals surface area (Å²) in [5, 5.41) is 20.6. The summed E-state index contributed by atoms with van der Waals surface area (Å²) in [6, 6.07) is 5.36. The number of hydrogen-bond acceptors (Lipinski definition) is 4. The topological polar surface area (TPSA) is 63.0 Å². The van der Waals surface area contributed by atoms with Gasteiger partial charge < -0.3 is 15.0 Å². The zero-order valence-corrected chi connectivity index (χ0v) is 10.1. The van der Waals surface area contributed by atoms with E-state index >= 15 is 0 Å². The van der Waals surface area contributed by atoms with Crippen molar-refractivity contribution in [2.75, 3.05) is 5.32 Å². The van der Waals surface area contributed by atoms with Crippen molar-refractivity contribution in [1.82, 2.24) is 14.8 Å². The van der Waals surface area contributed by atoms with Gasteiger partial charge in [-0.25, -0.2) is 0 Å². The monoisotopic (exact) mass is 252 g/mol. The molecule has 0 amide bonds. The van der Waals surface area contributed by atoms with Gasteiger partial charge in [0, 0.05) is 7.05 Å². The first-order chi connectivity index (χ1) is 8.20. The van der Waals surface area contributed by atoms with Gasteiger partial charge in [-0.05, 0) is 17.7 Å². The standard InChI is InChI=1S/C11H13ClN4O/c1-16-7-14-15-11(16)5-13-10-4-8(6-17)2-3-9(10)12/h2-4,7,13,17H,5-6H2,1H3. The van der Waals surface area contributed by atoms with Crippen molar-refractivity contribution in [2.45, 2.75) is 13.2 Å². The minimum Gasteiger partial charge on any atom is -0.392 e. The molecule has 0 bridgehead atoms. The molecule has 2 rings (SSSR count). The van der Waals surface area contributed by atoms with E-state index in [0.29, 0.717) is 11.6 Å². The predicted molar refractivity (Wildman–Crippen MR) is 65.7 cm³/mol. The van der Waals surface area contributed by atoms with Gasteiger partial charge in [0.2, 0.25) is 0 Å². The Bertz CT molecular complexity index is 512. The Morgan fingerprint density at radius 3 is 2.94 bits per heavy atom. The number of hydrogen-bond donors (Lipinski definition) is 2. The zero-order chi connectivity index (χ0) is 12.3. The summed E-state index contributed by atoms with van der Waals surface area (Å²) in [5.74, 6) is 0.815. The molecule has 1 aromatic carbocycles. The van der Waals surface area contributed by atoms with Crippen LogP contribution in [0, 0.1) is 0 Å². The molecule has 2 aromatic rings. The molecule has 0 aliphatic heterocycles. The first-order valence-electron chi connectivity index (χ1n) is 5.16. The molecule has 0 fully saturated rings. The summed E-state index contributed by atoms with van der Waals surface area (Å²) in [7, 11) is 1.88. The van der Waals surface area contributed by atoms with Crippen molar-refractivity contribution >= 4 is 17.3 Å². The maximum absolute atomic E-state index is 9.05. The lowest BCUT2D eigenvalue weighted by Gasteiger charge is -2.09. The average Bonchev–Trinajstić information content (AvgIpc) is 2.74. The summed E-state index contributed by atoms with van der Waals surface area (Å²) in [5.41, 5.74) is 1.59. The van der Waals surface area contributed by atoms with E-state index in [1.165, 1.54) is 0 Å². The van der Waals surface area contributed by atoms with E-state index in [-0.39, 0.29) is 6.61 Å². The Kier molecular flexibility index (Phi) is 3.61. The number of benzene rings is 1. The van der Waals surface area contributed by atoms with Gasteiger partial charge in [0.15, 0.2) is 5.82 Å². The van der Waals surface area contributed by atoms with Crippen LogP contribution in [0.4, 0.5) is 5.69 Å². The predicted octanol–water partition coefficient (Wildman–Crippen LogP) is 1.57. The third-order valence-corrected chi connectivity index (χ3v) is 2.79. The van der Waals surface area contributed by atoms with Gasteiger partial charge >= 0.3 is 0 Å². The fourth-order valence-electron chi connectivity index (χ4n) is 1.45. The highest BCUT2D eigenvalue weighted by Gasteiger charge is 2.04. The number of rotatable bonds is 4. The van der Waals surface area contributed by atoms with Crippen LogP contribution in [-0.2, 0) is 20.2 Å². The minimum absolute atomic E-state index is 0.00416. The number of aromatic nitrogens is 3.